The Labute approximate surface area is 151 Å². The van der Waals surface area contributed by atoms with Gasteiger partial charge in [0, 0.05) is 5.56 Å². The van der Waals surface area contributed by atoms with E-state index in [1.54, 1.807) is 6.08 Å². The van der Waals surface area contributed by atoms with E-state index in [1.165, 1.54) is 6.26 Å². The molecule has 0 radical (unpaired) electrons. The molecule has 26 heavy (non-hydrogen) atoms. The van der Waals surface area contributed by atoms with Gasteiger partial charge in [-0.3, -0.25) is 4.79 Å². The van der Waals surface area contributed by atoms with Gasteiger partial charge in [0.25, 0.3) is 0 Å². The van der Waals surface area contributed by atoms with Crippen LogP contribution < -0.4 is 14.9 Å². The molecule has 0 atom stereocenters. The van der Waals surface area contributed by atoms with Crippen molar-refractivity contribution in [2.24, 2.45) is 0 Å². The first kappa shape index (κ1) is 16.2. The molecule has 2 aliphatic rings. The zero-order chi connectivity index (χ0) is 17.9. The van der Waals surface area contributed by atoms with Crippen molar-refractivity contribution < 1.29 is 13.9 Å². The highest BCUT2D eigenvalue weighted by atomic mass is 16.6. The smallest absolute Gasteiger partial charge is 0.196 e. The van der Waals surface area contributed by atoms with Gasteiger partial charge < -0.3 is 13.9 Å². The molecule has 1 aliphatic carbocycles. The number of fused-ring (bicyclic) bond motifs is 2. The highest BCUT2D eigenvalue weighted by molar-refractivity contribution is 5.68. The van der Waals surface area contributed by atoms with Crippen LogP contribution in [0.3, 0.4) is 0 Å². The van der Waals surface area contributed by atoms with Crippen LogP contribution in [-0.2, 0) is 6.42 Å². The summed E-state index contributed by atoms with van der Waals surface area (Å²) in [6.45, 7) is 4.97. The molecule has 0 saturated heterocycles. The van der Waals surface area contributed by atoms with Gasteiger partial charge in [-0.15, -0.1) is 0 Å². The molecule has 2 heterocycles. The molecular weight excluding hydrogens is 328 g/mol. The fourth-order valence-corrected chi connectivity index (χ4v) is 2.95. The van der Waals surface area contributed by atoms with Gasteiger partial charge in [0.1, 0.15) is 25.2 Å². The van der Waals surface area contributed by atoms with Crippen LogP contribution in [0.25, 0.3) is 17.2 Å². The first-order chi connectivity index (χ1) is 12.7. The fraction of sp³-hybridized carbons (Fsp3) is 0.136. The summed E-state index contributed by atoms with van der Waals surface area (Å²) in [4.78, 5) is 13.1. The predicted molar refractivity (Wildman–Crippen MR) is 102 cm³/mol. The van der Waals surface area contributed by atoms with Crippen LogP contribution in [0.4, 0.5) is 0 Å². The van der Waals surface area contributed by atoms with Gasteiger partial charge in [0.2, 0.25) is 0 Å². The van der Waals surface area contributed by atoms with Crippen LogP contribution in [0.15, 0.2) is 76.2 Å². The Balaban J connectivity index is 1.80. The molecule has 1 aromatic carbocycles. The zero-order valence-electron chi connectivity index (χ0n) is 14.2. The normalized spacial score (nSPS) is 18.1. The fourth-order valence-electron chi connectivity index (χ4n) is 2.95. The maximum Gasteiger partial charge on any atom is 0.196 e. The quantitative estimate of drug-likeness (QED) is 0.772. The van der Waals surface area contributed by atoms with E-state index in [1.807, 2.05) is 48.6 Å². The van der Waals surface area contributed by atoms with Crippen molar-refractivity contribution in [3.63, 3.8) is 0 Å². The number of hydrogen-bond acceptors (Lipinski definition) is 4. The lowest BCUT2D eigenvalue weighted by atomic mass is 10.0. The number of allylic oxidation sites excluding steroid dienone is 6. The van der Waals surface area contributed by atoms with Crippen LogP contribution in [0, 0.1) is 0 Å². The van der Waals surface area contributed by atoms with Gasteiger partial charge in [-0.1, -0.05) is 43.0 Å². The minimum Gasteiger partial charge on any atom is -0.486 e. The first-order valence-corrected chi connectivity index (χ1v) is 8.47. The molecule has 0 N–H and O–H groups in total. The Bertz CT molecular complexity index is 1010. The van der Waals surface area contributed by atoms with E-state index in [4.69, 9.17) is 13.9 Å². The van der Waals surface area contributed by atoms with Crippen LogP contribution in [0.5, 0.6) is 11.5 Å². The lowest BCUT2D eigenvalue weighted by Crippen LogP contribution is -2.16. The standard InChI is InChI=1S/C22H18O4/c1-15-5-3-2-4-6-17-19(9-7-15)26-14-18(22(17)23)16-8-10-20-21(13-16)25-12-11-24-20/h2-5,7-10,13-14H,1,6,11-12H2/b4-2-,5-3-,9-7?. The van der Waals surface area contributed by atoms with E-state index in [-0.39, 0.29) is 5.43 Å². The summed E-state index contributed by atoms with van der Waals surface area (Å²) in [6.07, 6.45) is 13.3. The van der Waals surface area contributed by atoms with Gasteiger partial charge in [0.15, 0.2) is 16.9 Å². The average molecular weight is 346 g/mol. The lowest BCUT2D eigenvalue weighted by molar-refractivity contribution is 0.171. The highest BCUT2D eigenvalue weighted by Crippen LogP contribution is 2.34. The summed E-state index contributed by atoms with van der Waals surface area (Å²) in [5.74, 6) is 1.89. The zero-order valence-corrected chi connectivity index (χ0v) is 14.2. The monoisotopic (exact) mass is 346 g/mol. The SMILES string of the molecule is C=C1C=Cc2occ(-c3ccc4c(c3)OCCO4)c(=O)c2C/C=C\C=C/1. The molecule has 4 rings (SSSR count). The third kappa shape index (κ3) is 3.14. The van der Waals surface area contributed by atoms with E-state index < -0.39 is 0 Å². The number of benzene rings is 1. The summed E-state index contributed by atoms with van der Waals surface area (Å²) in [5, 5.41) is 0. The Morgan fingerprint density at radius 1 is 0.962 bits per heavy atom. The number of rotatable bonds is 1. The van der Waals surface area contributed by atoms with Crippen molar-refractivity contribution in [2.45, 2.75) is 6.42 Å². The molecule has 0 fully saturated rings. The number of ether oxygens (including phenoxy) is 2. The van der Waals surface area contributed by atoms with Crippen molar-refractivity contribution >= 4 is 6.08 Å². The Morgan fingerprint density at radius 3 is 2.69 bits per heavy atom. The molecule has 0 amide bonds. The minimum absolute atomic E-state index is 0.0487. The van der Waals surface area contributed by atoms with E-state index in [2.05, 4.69) is 6.58 Å². The Kier molecular flexibility index (Phi) is 4.32. The van der Waals surface area contributed by atoms with Crippen LogP contribution in [0.2, 0.25) is 0 Å². The minimum atomic E-state index is -0.0487. The van der Waals surface area contributed by atoms with E-state index >= 15 is 0 Å². The molecule has 0 bridgehead atoms. The molecule has 4 nitrogen and oxygen atoms in total. The van der Waals surface area contributed by atoms with Gasteiger partial charge >= 0.3 is 0 Å². The summed E-state index contributed by atoms with van der Waals surface area (Å²) in [5.41, 5.74) is 2.66. The largest absolute Gasteiger partial charge is 0.486 e. The van der Waals surface area contributed by atoms with Crippen LogP contribution in [0.1, 0.15) is 11.3 Å². The summed E-state index contributed by atoms with van der Waals surface area (Å²) < 4.78 is 16.9. The average Bonchev–Trinajstić information content (AvgIpc) is 2.67. The second-order valence-corrected chi connectivity index (χ2v) is 6.08. The second kappa shape index (κ2) is 6.92. The lowest BCUT2D eigenvalue weighted by Gasteiger charge is -2.18. The van der Waals surface area contributed by atoms with Crippen LogP contribution in [-0.4, -0.2) is 13.2 Å². The molecule has 0 spiro atoms. The second-order valence-electron chi connectivity index (χ2n) is 6.08. The van der Waals surface area contributed by atoms with E-state index in [9.17, 15) is 4.79 Å². The summed E-state index contributed by atoms with van der Waals surface area (Å²) >= 11 is 0. The van der Waals surface area contributed by atoms with Crippen molar-refractivity contribution in [1.29, 1.82) is 0 Å². The summed E-state index contributed by atoms with van der Waals surface area (Å²) in [7, 11) is 0. The van der Waals surface area contributed by atoms with E-state index in [0.717, 1.165) is 11.1 Å². The predicted octanol–water partition coefficient (Wildman–Crippen LogP) is 4.32. The molecule has 0 saturated carbocycles. The van der Waals surface area contributed by atoms with Gasteiger partial charge in [-0.2, -0.15) is 0 Å². The molecule has 1 aliphatic heterocycles. The third-order valence-corrected chi connectivity index (χ3v) is 4.30. The topological polar surface area (TPSA) is 48.7 Å². The van der Waals surface area contributed by atoms with Crippen molar-refractivity contribution in [2.75, 3.05) is 13.2 Å². The van der Waals surface area contributed by atoms with Gasteiger partial charge in [-0.25, -0.2) is 0 Å². The van der Waals surface area contributed by atoms with Gasteiger partial charge in [0.05, 0.1) is 5.56 Å². The number of hydrogen-bond donors (Lipinski definition) is 0. The Hall–Kier alpha value is -3.27. The van der Waals surface area contributed by atoms with Crippen molar-refractivity contribution in [1.82, 2.24) is 0 Å². The van der Waals surface area contributed by atoms with Gasteiger partial charge in [-0.05, 0) is 35.8 Å². The molecule has 2 aromatic rings. The maximum atomic E-state index is 13.1. The molecule has 130 valence electrons. The molecular formula is C22H18O4. The molecule has 0 unspecified atom stereocenters. The highest BCUT2D eigenvalue weighted by Gasteiger charge is 2.17. The van der Waals surface area contributed by atoms with E-state index in [0.29, 0.717) is 48.0 Å². The Morgan fingerprint density at radius 2 is 1.81 bits per heavy atom. The van der Waals surface area contributed by atoms with Crippen molar-refractivity contribution in [3.8, 4) is 22.6 Å². The first-order valence-electron chi connectivity index (χ1n) is 8.47. The van der Waals surface area contributed by atoms with Crippen molar-refractivity contribution in [3.05, 3.63) is 88.5 Å². The third-order valence-electron chi connectivity index (χ3n) is 4.30. The molecule has 1 aromatic heterocycles. The van der Waals surface area contributed by atoms with Crippen LogP contribution >= 0.6 is 0 Å². The summed E-state index contributed by atoms with van der Waals surface area (Å²) in [6, 6.07) is 5.50. The molecule has 4 heteroatoms. The maximum absolute atomic E-state index is 13.1.